The van der Waals surface area contributed by atoms with E-state index in [9.17, 15) is 4.79 Å². The summed E-state index contributed by atoms with van der Waals surface area (Å²) in [6.07, 6.45) is 4.88. The minimum atomic E-state index is 0.0293. The van der Waals surface area contributed by atoms with Gasteiger partial charge in [-0.3, -0.25) is 4.79 Å². The average molecular weight is 288 g/mol. The van der Waals surface area contributed by atoms with Gasteiger partial charge in [0.25, 0.3) is 0 Å². The first-order valence-corrected chi connectivity index (χ1v) is 7.04. The Morgan fingerprint density at radius 1 is 1.33 bits per heavy atom. The van der Waals surface area contributed by atoms with Gasteiger partial charge in [0, 0.05) is 12.1 Å². The topological polar surface area (TPSA) is 98.7 Å². The molecule has 1 aromatic carbocycles. The number of rotatable bonds is 7. The van der Waals surface area contributed by atoms with Crippen LogP contribution in [0, 0.1) is 6.92 Å². The lowest BCUT2D eigenvalue weighted by atomic mass is 10.1. The normalized spacial score (nSPS) is 10.6. The van der Waals surface area contributed by atoms with Gasteiger partial charge in [0.15, 0.2) is 0 Å². The van der Waals surface area contributed by atoms with Gasteiger partial charge in [-0.05, 0) is 60.5 Å². The molecule has 0 spiro atoms. The van der Waals surface area contributed by atoms with E-state index in [4.69, 9.17) is 5.73 Å². The Labute approximate surface area is 123 Å². The van der Waals surface area contributed by atoms with Crippen LogP contribution in [-0.4, -0.2) is 32.7 Å². The molecule has 0 aliphatic carbocycles. The van der Waals surface area contributed by atoms with E-state index in [-0.39, 0.29) is 5.91 Å². The summed E-state index contributed by atoms with van der Waals surface area (Å²) < 4.78 is 1.59. The summed E-state index contributed by atoms with van der Waals surface area (Å²) in [5.41, 5.74) is 8.09. The van der Waals surface area contributed by atoms with Crippen LogP contribution in [0.1, 0.15) is 31.2 Å². The maximum atomic E-state index is 11.8. The number of anilines is 1. The van der Waals surface area contributed by atoms with E-state index in [0.717, 1.165) is 36.2 Å². The quantitative estimate of drug-likeness (QED) is 0.751. The number of nitrogens with two attached hydrogens (primary N) is 1. The number of aromatic nitrogens is 4. The Kier molecular flexibility index (Phi) is 5.39. The molecule has 1 amide bonds. The molecule has 2 aromatic rings. The molecule has 3 N–H and O–H groups in total. The molecule has 2 rings (SSSR count). The Hall–Kier alpha value is -2.28. The van der Waals surface area contributed by atoms with Crippen molar-refractivity contribution in [3.05, 3.63) is 30.1 Å². The van der Waals surface area contributed by atoms with E-state index in [2.05, 4.69) is 20.8 Å². The highest BCUT2D eigenvalue weighted by Gasteiger charge is 2.06. The molecule has 0 unspecified atom stereocenters. The Balaban J connectivity index is 1.93. The zero-order valence-corrected chi connectivity index (χ0v) is 12.1. The van der Waals surface area contributed by atoms with Gasteiger partial charge >= 0.3 is 0 Å². The third-order valence-electron chi connectivity index (χ3n) is 3.18. The van der Waals surface area contributed by atoms with E-state index in [1.807, 2.05) is 25.1 Å². The maximum absolute atomic E-state index is 11.8. The van der Waals surface area contributed by atoms with Crippen molar-refractivity contribution in [2.75, 3.05) is 11.9 Å². The van der Waals surface area contributed by atoms with Gasteiger partial charge in [0.05, 0.1) is 5.69 Å². The minimum Gasteiger partial charge on any atom is -0.330 e. The van der Waals surface area contributed by atoms with Crippen molar-refractivity contribution in [3.8, 4) is 5.69 Å². The van der Waals surface area contributed by atoms with Crippen molar-refractivity contribution >= 4 is 11.6 Å². The van der Waals surface area contributed by atoms with Gasteiger partial charge in [-0.1, -0.05) is 6.42 Å². The van der Waals surface area contributed by atoms with Crippen LogP contribution in [-0.2, 0) is 4.79 Å². The fraction of sp³-hybridized carbons (Fsp3) is 0.429. The standard InChI is InChI=1S/C14H20N6O/c1-11-9-12(17-14(21)5-3-2-4-8-15)6-7-13(11)20-10-16-18-19-20/h6-7,9-10H,2-5,8,15H2,1H3,(H,17,21). The fourth-order valence-electron chi connectivity index (χ4n) is 2.09. The van der Waals surface area contributed by atoms with Crippen LogP contribution in [0.25, 0.3) is 5.69 Å². The zero-order valence-electron chi connectivity index (χ0n) is 12.1. The largest absolute Gasteiger partial charge is 0.330 e. The Bertz CT molecular complexity index is 581. The molecule has 0 radical (unpaired) electrons. The molecule has 0 aliphatic rings. The molecule has 112 valence electrons. The maximum Gasteiger partial charge on any atom is 0.224 e. The highest BCUT2D eigenvalue weighted by Crippen LogP contribution is 2.18. The Morgan fingerprint density at radius 3 is 2.86 bits per heavy atom. The van der Waals surface area contributed by atoms with Gasteiger partial charge in [0.2, 0.25) is 5.91 Å². The molecular formula is C14H20N6O. The fourth-order valence-corrected chi connectivity index (χ4v) is 2.09. The first-order valence-electron chi connectivity index (χ1n) is 7.04. The second-order valence-electron chi connectivity index (χ2n) is 4.90. The summed E-state index contributed by atoms with van der Waals surface area (Å²) in [5.74, 6) is 0.0293. The molecule has 7 nitrogen and oxygen atoms in total. The van der Waals surface area contributed by atoms with Crippen LogP contribution in [0.5, 0.6) is 0 Å². The number of hydrogen-bond donors (Lipinski definition) is 2. The zero-order chi connectivity index (χ0) is 15.1. The number of carbonyl (C=O) groups excluding carboxylic acids is 1. The first kappa shape index (κ1) is 15.1. The third kappa shape index (κ3) is 4.35. The summed E-state index contributed by atoms with van der Waals surface area (Å²) in [7, 11) is 0. The lowest BCUT2D eigenvalue weighted by molar-refractivity contribution is -0.116. The molecule has 21 heavy (non-hydrogen) atoms. The summed E-state index contributed by atoms with van der Waals surface area (Å²) in [6, 6.07) is 5.65. The van der Waals surface area contributed by atoms with E-state index in [0.29, 0.717) is 13.0 Å². The van der Waals surface area contributed by atoms with Crippen molar-refractivity contribution in [2.24, 2.45) is 5.73 Å². The predicted octanol–water partition coefficient (Wildman–Crippen LogP) is 1.43. The number of tetrazole rings is 1. The molecule has 1 aromatic heterocycles. The number of nitrogens with zero attached hydrogens (tertiary/aromatic N) is 4. The monoisotopic (exact) mass is 288 g/mol. The van der Waals surface area contributed by atoms with E-state index in [1.165, 1.54) is 6.33 Å². The summed E-state index contributed by atoms with van der Waals surface area (Å²) in [5, 5.41) is 14.0. The molecule has 0 atom stereocenters. The molecule has 7 heteroatoms. The van der Waals surface area contributed by atoms with Gasteiger partial charge in [0.1, 0.15) is 6.33 Å². The van der Waals surface area contributed by atoms with Crippen LogP contribution in [0.15, 0.2) is 24.5 Å². The number of nitrogens with one attached hydrogen (secondary N) is 1. The van der Waals surface area contributed by atoms with Crippen molar-refractivity contribution in [2.45, 2.75) is 32.6 Å². The van der Waals surface area contributed by atoms with Crippen molar-refractivity contribution in [3.63, 3.8) is 0 Å². The number of amides is 1. The molecule has 0 fully saturated rings. The molecule has 1 heterocycles. The number of hydrogen-bond acceptors (Lipinski definition) is 5. The summed E-state index contributed by atoms with van der Waals surface area (Å²) in [6.45, 7) is 2.63. The predicted molar refractivity (Wildman–Crippen MR) is 80.0 cm³/mol. The summed E-state index contributed by atoms with van der Waals surface area (Å²) >= 11 is 0. The van der Waals surface area contributed by atoms with Crippen LogP contribution in [0.3, 0.4) is 0 Å². The van der Waals surface area contributed by atoms with Crippen LogP contribution >= 0.6 is 0 Å². The lowest BCUT2D eigenvalue weighted by Gasteiger charge is -2.09. The van der Waals surface area contributed by atoms with Crippen molar-refractivity contribution in [1.29, 1.82) is 0 Å². The lowest BCUT2D eigenvalue weighted by Crippen LogP contribution is -2.12. The first-order chi connectivity index (χ1) is 10.2. The van der Waals surface area contributed by atoms with E-state index < -0.39 is 0 Å². The van der Waals surface area contributed by atoms with Crippen molar-refractivity contribution in [1.82, 2.24) is 20.2 Å². The molecule has 0 saturated heterocycles. The van der Waals surface area contributed by atoms with Crippen molar-refractivity contribution < 1.29 is 4.79 Å². The molecule has 0 bridgehead atoms. The van der Waals surface area contributed by atoms with Gasteiger partial charge < -0.3 is 11.1 Å². The molecular weight excluding hydrogens is 268 g/mol. The third-order valence-corrected chi connectivity index (χ3v) is 3.18. The van der Waals surface area contributed by atoms with E-state index >= 15 is 0 Å². The smallest absolute Gasteiger partial charge is 0.224 e. The highest BCUT2D eigenvalue weighted by molar-refractivity contribution is 5.90. The Morgan fingerprint density at radius 2 is 2.19 bits per heavy atom. The SMILES string of the molecule is Cc1cc(NC(=O)CCCCCN)ccc1-n1cnnn1. The number of carbonyl (C=O) groups is 1. The van der Waals surface area contributed by atoms with Gasteiger partial charge in [-0.2, -0.15) is 0 Å². The number of benzene rings is 1. The number of unbranched alkanes of at least 4 members (excludes halogenated alkanes) is 2. The average Bonchev–Trinajstić information content (AvgIpc) is 2.98. The highest BCUT2D eigenvalue weighted by atomic mass is 16.1. The summed E-state index contributed by atoms with van der Waals surface area (Å²) in [4.78, 5) is 11.8. The minimum absolute atomic E-state index is 0.0293. The van der Waals surface area contributed by atoms with Gasteiger partial charge in [-0.25, -0.2) is 4.68 Å². The van der Waals surface area contributed by atoms with Crippen LogP contribution in [0.2, 0.25) is 0 Å². The van der Waals surface area contributed by atoms with Crippen LogP contribution in [0.4, 0.5) is 5.69 Å². The molecule has 0 aliphatic heterocycles. The van der Waals surface area contributed by atoms with Crippen LogP contribution < -0.4 is 11.1 Å². The second-order valence-corrected chi connectivity index (χ2v) is 4.90. The van der Waals surface area contributed by atoms with Gasteiger partial charge in [-0.15, -0.1) is 5.10 Å². The molecule has 0 saturated carbocycles. The van der Waals surface area contributed by atoms with E-state index in [1.54, 1.807) is 4.68 Å². The second kappa shape index (κ2) is 7.49. The number of aryl methyl sites for hydroxylation is 1.